The number of nitrogens with one attached hydrogen (secondary N) is 2. The van der Waals surface area contributed by atoms with Gasteiger partial charge in [0, 0.05) is 21.1 Å². The second-order valence-electron chi connectivity index (χ2n) is 12.2. The van der Waals surface area contributed by atoms with Crippen molar-refractivity contribution in [2.24, 2.45) is 11.3 Å². The zero-order valence-corrected chi connectivity index (χ0v) is 29.9. The Hall–Kier alpha value is -3.20. The van der Waals surface area contributed by atoms with Crippen molar-refractivity contribution in [1.29, 1.82) is 0 Å². The van der Waals surface area contributed by atoms with Crippen LogP contribution in [0, 0.1) is 11.3 Å². The van der Waals surface area contributed by atoms with Gasteiger partial charge in [0.25, 0.3) is 11.8 Å². The molecule has 0 saturated carbocycles. The first kappa shape index (κ1) is 37.0. The Kier molecular flexibility index (Phi) is 13.2. The summed E-state index contributed by atoms with van der Waals surface area (Å²) in [7, 11) is 0. The second kappa shape index (κ2) is 15.7. The van der Waals surface area contributed by atoms with Crippen LogP contribution in [-0.2, 0) is 14.3 Å². The Morgan fingerprint density at radius 3 is 2.41 bits per heavy atom. The summed E-state index contributed by atoms with van der Waals surface area (Å²) in [4.78, 5) is 29.2. The number of hydrogen-bond acceptors (Lipinski definition) is 6. The lowest BCUT2D eigenvalue weighted by molar-refractivity contribution is -0.118. The molecule has 1 aliphatic rings. The lowest BCUT2D eigenvalue weighted by Crippen LogP contribution is -2.25. The van der Waals surface area contributed by atoms with E-state index < -0.39 is 17.4 Å². The molecule has 0 unspecified atom stereocenters. The number of thiophene rings is 1. The Balaban J connectivity index is 2.25. The van der Waals surface area contributed by atoms with Crippen LogP contribution < -0.4 is 10.6 Å². The zero-order chi connectivity index (χ0) is 33.4. The number of carbonyl (C=O) groups is 2. The van der Waals surface area contributed by atoms with E-state index >= 15 is 0 Å². The fourth-order valence-corrected chi connectivity index (χ4v) is 5.60. The van der Waals surface area contributed by atoms with Gasteiger partial charge in [0.05, 0.1) is 16.1 Å². The Labute approximate surface area is 277 Å². The van der Waals surface area contributed by atoms with Crippen LogP contribution >= 0.6 is 35.7 Å². The summed E-state index contributed by atoms with van der Waals surface area (Å²) in [6.07, 6.45) is 15.6. The number of ether oxygens (including phenoxy) is 1. The Morgan fingerprint density at radius 1 is 1.18 bits per heavy atom. The van der Waals surface area contributed by atoms with Crippen molar-refractivity contribution in [3.8, 4) is 0 Å². The van der Waals surface area contributed by atoms with Crippen LogP contribution in [-0.4, -0.2) is 23.7 Å². The molecule has 1 aromatic heterocycles. The number of allylic oxidation sites excluding steroid dienone is 6. The normalized spacial score (nSPS) is 15.6. The van der Waals surface area contributed by atoms with E-state index in [1.54, 1.807) is 17.8 Å². The monoisotopic (exact) mass is 650 g/mol. The molecule has 44 heavy (non-hydrogen) atoms. The summed E-state index contributed by atoms with van der Waals surface area (Å²) in [6.45, 7) is 28.6. The Morgan fingerprint density at radius 2 is 1.84 bits per heavy atom. The standard InChI is InChI=1S/C36H46N2O3S3/c1-13-26(21-30(43-12)22(2)3)41-36(10,11)23(4)16-17-27-18-19-29(44-27)32-31(24(5)33(39)38-32)34(40)37-25(6)28(42)15-14-20-35(7,8)9/h13-22,42H,4-6H2,1-3,7-12H3,(H,37,40)(H,38,39)/b17-16+,20-14+,26-13-,28-15-,30-21-. The van der Waals surface area contributed by atoms with Crippen LogP contribution in [0.15, 0.2) is 106 Å². The van der Waals surface area contributed by atoms with Crippen molar-refractivity contribution in [3.63, 3.8) is 0 Å². The molecule has 0 fully saturated rings. The predicted octanol–water partition coefficient (Wildman–Crippen LogP) is 9.36. The van der Waals surface area contributed by atoms with E-state index in [1.165, 1.54) is 16.2 Å². The number of rotatable bonds is 13. The molecule has 0 bridgehead atoms. The van der Waals surface area contributed by atoms with E-state index in [-0.39, 0.29) is 16.6 Å². The SMILES string of the molecule is C=C1C(=O)NC(c2ccc(/C=C/C(=C)C(C)(C)OC(=C\C)/C=C(\SC)C(C)C)s2)=C1C(=O)NC(=C)/C(S)=C/C=C/C(C)(C)C. The maximum absolute atomic E-state index is 13.3. The predicted molar refractivity (Wildman–Crippen MR) is 195 cm³/mol. The molecule has 0 aliphatic carbocycles. The van der Waals surface area contributed by atoms with Gasteiger partial charge >= 0.3 is 0 Å². The van der Waals surface area contributed by atoms with Gasteiger partial charge < -0.3 is 15.4 Å². The highest BCUT2D eigenvalue weighted by atomic mass is 32.2. The number of carbonyl (C=O) groups excluding carboxylic acids is 2. The van der Waals surface area contributed by atoms with E-state index in [9.17, 15) is 9.59 Å². The molecular formula is C36H46N2O3S3. The summed E-state index contributed by atoms with van der Waals surface area (Å²) in [5, 5.41) is 5.56. The largest absolute Gasteiger partial charge is 0.484 e. The minimum Gasteiger partial charge on any atom is -0.484 e. The van der Waals surface area contributed by atoms with E-state index in [2.05, 4.69) is 89.9 Å². The minimum atomic E-state index is -0.647. The van der Waals surface area contributed by atoms with Crippen LogP contribution in [0.3, 0.4) is 0 Å². The van der Waals surface area contributed by atoms with Gasteiger partial charge in [0.1, 0.15) is 11.4 Å². The molecule has 2 amide bonds. The van der Waals surface area contributed by atoms with Gasteiger partial charge in [-0.05, 0) is 85.3 Å². The molecule has 0 aromatic carbocycles. The molecule has 0 spiro atoms. The third kappa shape index (κ3) is 10.5. The van der Waals surface area contributed by atoms with Crippen molar-refractivity contribution in [2.45, 2.75) is 61.0 Å². The van der Waals surface area contributed by atoms with Crippen molar-refractivity contribution >= 4 is 59.3 Å². The molecule has 0 atom stereocenters. The molecule has 2 heterocycles. The van der Waals surface area contributed by atoms with E-state index in [1.807, 2.05) is 63.3 Å². The average Bonchev–Trinajstić information content (AvgIpc) is 3.52. The van der Waals surface area contributed by atoms with Gasteiger partial charge in [-0.15, -0.1) is 35.7 Å². The lowest BCUT2D eigenvalue weighted by Gasteiger charge is -2.28. The van der Waals surface area contributed by atoms with Gasteiger partial charge in [-0.3, -0.25) is 9.59 Å². The smallest absolute Gasteiger partial charge is 0.258 e. The fraction of sp³-hybridized carbons (Fsp3) is 0.333. The summed E-state index contributed by atoms with van der Waals surface area (Å²) in [6, 6.07) is 3.79. The van der Waals surface area contributed by atoms with Gasteiger partial charge in [0.2, 0.25) is 0 Å². The highest BCUT2D eigenvalue weighted by Crippen LogP contribution is 2.34. The van der Waals surface area contributed by atoms with E-state index in [0.717, 1.165) is 21.1 Å². The summed E-state index contributed by atoms with van der Waals surface area (Å²) >= 11 is 7.62. The molecule has 1 aromatic rings. The number of amides is 2. The molecule has 0 radical (unpaired) electrons. The summed E-state index contributed by atoms with van der Waals surface area (Å²) in [5.74, 6) is 0.296. The van der Waals surface area contributed by atoms with Gasteiger partial charge in [-0.25, -0.2) is 0 Å². The summed E-state index contributed by atoms with van der Waals surface area (Å²) < 4.78 is 6.35. The molecule has 2 N–H and O–H groups in total. The first-order chi connectivity index (χ1) is 20.4. The van der Waals surface area contributed by atoms with Crippen LogP contribution in [0.4, 0.5) is 0 Å². The van der Waals surface area contributed by atoms with Crippen molar-refractivity contribution in [1.82, 2.24) is 10.6 Å². The third-order valence-corrected chi connectivity index (χ3v) is 9.11. The molecule has 2 rings (SSSR count). The molecule has 0 saturated heterocycles. The topological polar surface area (TPSA) is 67.4 Å². The van der Waals surface area contributed by atoms with E-state index in [0.29, 0.717) is 22.2 Å². The first-order valence-corrected chi connectivity index (χ1v) is 16.8. The average molecular weight is 651 g/mol. The zero-order valence-electron chi connectivity index (χ0n) is 27.4. The van der Waals surface area contributed by atoms with Crippen LogP contribution in [0.25, 0.3) is 11.8 Å². The van der Waals surface area contributed by atoms with Crippen molar-refractivity contribution < 1.29 is 14.3 Å². The van der Waals surface area contributed by atoms with Crippen LogP contribution in [0.5, 0.6) is 0 Å². The lowest BCUT2D eigenvalue weighted by atomic mass is 9.96. The van der Waals surface area contributed by atoms with Crippen LogP contribution in [0.2, 0.25) is 0 Å². The molecule has 236 valence electrons. The molecule has 1 aliphatic heterocycles. The number of thioether (sulfide) groups is 1. The molecular weight excluding hydrogens is 605 g/mol. The number of hydrogen-bond donors (Lipinski definition) is 3. The van der Waals surface area contributed by atoms with Gasteiger partial charge in [-0.2, -0.15) is 0 Å². The highest BCUT2D eigenvalue weighted by Gasteiger charge is 2.32. The third-order valence-electron chi connectivity index (χ3n) is 6.56. The highest BCUT2D eigenvalue weighted by molar-refractivity contribution is 8.02. The Bertz CT molecular complexity index is 1500. The fourth-order valence-electron chi connectivity index (χ4n) is 3.84. The molecule has 8 heteroatoms. The minimum absolute atomic E-state index is 0.00720. The second-order valence-corrected chi connectivity index (χ2v) is 14.6. The van der Waals surface area contributed by atoms with Crippen molar-refractivity contribution in [3.05, 3.63) is 116 Å². The first-order valence-electron chi connectivity index (χ1n) is 14.3. The maximum atomic E-state index is 13.3. The van der Waals surface area contributed by atoms with Gasteiger partial charge in [-0.1, -0.05) is 72.6 Å². The number of thiol groups is 1. The van der Waals surface area contributed by atoms with Crippen LogP contribution in [0.1, 0.15) is 65.1 Å². The van der Waals surface area contributed by atoms with Gasteiger partial charge in [0.15, 0.2) is 0 Å². The van der Waals surface area contributed by atoms with Crippen molar-refractivity contribution in [2.75, 3.05) is 6.26 Å². The molecule has 5 nitrogen and oxygen atoms in total. The maximum Gasteiger partial charge on any atom is 0.258 e. The quantitative estimate of drug-likeness (QED) is 0.0862. The summed E-state index contributed by atoms with van der Waals surface area (Å²) in [5.41, 5.74) is 1.16. The van der Waals surface area contributed by atoms with E-state index in [4.69, 9.17) is 4.74 Å².